The van der Waals surface area contributed by atoms with Gasteiger partial charge in [-0.15, -0.1) is 0 Å². The van der Waals surface area contributed by atoms with Crippen LogP contribution in [-0.2, 0) is 21.3 Å². The fraction of sp³-hybridized carbons (Fsp3) is 0.692. The first-order valence-electron chi connectivity index (χ1n) is 6.62. The van der Waals surface area contributed by atoms with Crippen molar-refractivity contribution in [1.29, 1.82) is 0 Å². The molecule has 6 nitrogen and oxygen atoms in total. The third-order valence-corrected chi connectivity index (χ3v) is 4.40. The highest BCUT2D eigenvalue weighted by Gasteiger charge is 2.24. The zero-order valence-electron chi connectivity index (χ0n) is 12.5. The Bertz CT molecular complexity index is 496. The van der Waals surface area contributed by atoms with Gasteiger partial charge in [-0.2, -0.15) is 4.31 Å². The molecule has 1 aromatic rings. The summed E-state index contributed by atoms with van der Waals surface area (Å²) in [7, 11) is -0.342. The van der Waals surface area contributed by atoms with Gasteiger partial charge in [-0.05, 0) is 18.1 Å². The second-order valence-electron chi connectivity index (χ2n) is 5.07. The van der Waals surface area contributed by atoms with Gasteiger partial charge in [-0.3, -0.25) is 0 Å². The average molecular weight is 304 g/mol. The van der Waals surface area contributed by atoms with Crippen molar-refractivity contribution in [3.05, 3.63) is 17.9 Å². The summed E-state index contributed by atoms with van der Waals surface area (Å²) in [5, 5.41) is 3.09. The predicted molar refractivity (Wildman–Crippen MR) is 76.9 cm³/mol. The molecular formula is C13H24N2O4S. The molecule has 0 aromatic carbocycles. The van der Waals surface area contributed by atoms with Crippen molar-refractivity contribution in [1.82, 2.24) is 9.62 Å². The Labute approximate surface area is 121 Å². The van der Waals surface area contributed by atoms with Gasteiger partial charge in [-0.1, -0.05) is 13.8 Å². The molecule has 0 saturated heterocycles. The van der Waals surface area contributed by atoms with Gasteiger partial charge in [-0.25, -0.2) is 8.42 Å². The number of hydrogen-bond donors (Lipinski definition) is 1. The van der Waals surface area contributed by atoms with Gasteiger partial charge >= 0.3 is 0 Å². The summed E-state index contributed by atoms with van der Waals surface area (Å²) in [5.41, 5.74) is 0. The van der Waals surface area contributed by atoms with E-state index in [1.165, 1.54) is 10.4 Å². The summed E-state index contributed by atoms with van der Waals surface area (Å²) in [4.78, 5) is 0. The Morgan fingerprint density at radius 2 is 2.10 bits per heavy atom. The number of nitrogens with one attached hydrogen (secondary N) is 1. The van der Waals surface area contributed by atoms with Crippen molar-refractivity contribution in [2.75, 3.05) is 33.9 Å². The Morgan fingerprint density at radius 1 is 1.40 bits per heavy atom. The van der Waals surface area contributed by atoms with Gasteiger partial charge in [0.05, 0.1) is 13.2 Å². The number of sulfonamides is 1. The average Bonchev–Trinajstić information content (AvgIpc) is 2.83. The lowest BCUT2D eigenvalue weighted by Gasteiger charge is -2.17. The van der Waals surface area contributed by atoms with Crippen LogP contribution < -0.4 is 5.32 Å². The Hall–Kier alpha value is -0.890. The van der Waals surface area contributed by atoms with E-state index in [9.17, 15) is 8.42 Å². The van der Waals surface area contributed by atoms with Gasteiger partial charge in [0.15, 0.2) is 0 Å². The molecule has 1 aromatic heterocycles. The van der Waals surface area contributed by atoms with Gasteiger partial charge in [0.25, 0.3) is 10.0 Å². The lowest BCUT2D eigenvalue weighted by molar-refractivity contribution is 0.198. The molecule has 116 valence electrons. The maximum atomic E-state index is 12.2. The fourth-order valence-corrected chi connectivity index (χ4v) is 3.00. The molecule has 0 atom stereocenters. The summed E-state index contributed by atoms with van der Waals surface area (Å²) in [6.07, 6.45) is 0. The second-order valence-corrected chi connectivity index (χ2v) is 7.05. The first-order chi connectivity index (χ1) is 9.37. The molecule has 1 N–H and O–H groups in total. The number of furan rings is 1. The van der Waals surface area contributed by atoms with E-state index in [0.29, 0.717) is 32.0 Å². The summed E-state index contributed by atoms with van der Waals surface area (Å²) in [6.45, 7) is 6.17. The maximum absolute atomic E-state index is 12.2. The monoisotopic (exact) mass is 304 g/mol. The highest BCUT2D eigenvalue weighted by atomic mass is 32.2. The van der Waals surface area contributed by atoms with Crippen molar-refractivity contribution in [2.24, 2.45) is 5.92 Å². The highest BCUT2D eigenvalue weighted by molar-refractivity contribution is 7.89. The van der Waals surface area contributed by atoms with Crippen molar-refractivity contribution in [3.63, 3.8) is 0 Å². The van der Waals surface area contributed by atoms with Crippen LogP contribution in [0.3, 0.4) is 0 Å². The van der Waals surface area contributed by atoms with E-state index in [2.05, 4.69) is 5.32 Å². The minimum atomic E-state index is -3.53. The second kappa shape index (κ2) is 7.78. The first-order valence-corrected chi connectivity index (χ1v) is 8.06. The number of nitrogens with zero attached hydrogens (tertiary/aromatic N) is 1. The highest BCUT2D eigenvalue weighted by Crippen LogP contribution is 2.18. The van der Waals surface area contributed by atoms with Gasteiger partial charge < -0.3 is 14.5 Å². The maximum Gasteiger partial charge on any atom is 0.276 e. The molecule has 0 bridgehead atoms. The smallest absolute Gasteiger partial charge is 0.276 e. The van der Waals surface area contributed by atoms with E-state index < -0.39 is 10.0 Å². The molecule has 0 aliphatic rings. The molecular weight excluding hydrogens is 280 g/mol. The zero-order valence-corrected chi connectivity index (χ0v) is 13.4. The van der Waals surface area contributed by atoms with Crippen LogP contribution in [0.1, 0.15) is 19.6 Å². The van der Waals surface area contributed by atoms with Crippen LogP contribution in [0.25, 0.3) is 0 Å². The molecule has 0 radical (unpaired) electrons. The Morgan fingerprint density at radius 3 is 2.70 bits per heavy atom. The molecule has 0 saturated carbocycles. The molecule has 0 aliphatic carbocycles. The van der Waals surface area contributed by atoms with Crippen LogP contribution in [0.5, 0.6) is 0 Å². The summed E-state index contributed by atoms with van der Waals surface area (Å²) >= 11 is 0. The van der Waals surface area contributed by atoms with Gasteiger partial charge in [0, 0.05) is 27.2 Å². The van der Waals surface area contributed by atoms with E-state index >= 15 is 0 Å². The topological polar surface area (TPSA) is 71.8 Å². The Kier molecular flexibility index (Phi) is 6.67. The molecule has 0 spiro atoms. The minimum Gasteiger partial charge on any atom is -0.447 e. The zero-order chi connectivity index (χ0) is 15.2. The largest absolute Gasteiger partial charge is 0.447 e. The van der Waals surface area contributed by atoms with E-state index in [-0.39, 0.29) is 11.0 Å². The molecule has 1 rings (SSSR count). The van der Waals surface area contributed by atoms with Crippen molar-refractivity contribution < 1.29 is 17.6 Å². The van der Waals surface area contributed by atoms with Crippen LogP contribution in [-0.4, -0.2) is 46.6 Å². The summed E-state index contributed by atoms with van der Waals surface area (Å²) in [5.74, 6) is 0.859. The van der Waals surface area contributed by atoms with E-state index in [4.69, 9.17) is 9.15 Å². The normalized spacial score (nSPS) is 12.5. The minimum absolute atomic E-state index is 0.0100. The van der Waals surface area contributed by atoms with Crippen molar-refractivity contribution in [3.8, 4) is 0 Å². The standard InChI is InChI=1S/C13H24N2O4S/c1-11(2)10-15(3)20(16,17)13-6-5-12(19-13)9-14-7-8-18-4/h5-6,11,14H,7-10H2,1-4H3. The SMILES string of the molecule is COCCNCc1ccc(S(=O)(=O)N(C)CC(C)C)o1. The van der Waals surface area contributed by atoms with Crippen LogP contribution in [0.2, 0.25) is 0 Å². The third-order valence-electron chi connectivity index (χ3n) is 2.71. The van der Waals surface area contributed by atoms with E-state index in [1.54, 1.807) is 20.2 Å². The predicted octanol–water partition coefficient (Wildman–Crippen LogP) is 1.29. The molecule has 7 heteroatoms. The molecule has 0 fully saturated rings. The summed E-state index contributed by atoms with van der Waals surface area (Å²) in [6, 6.07) is 3.18. The number of methoxy groups -OCH3 is 1. The lowest BCUT2D eigenvalue weighted by atomic mass is 10.2. The molecule has 20 heavy (non-hydrogen) atoms. The number of rotatable bonds is 9. The lowest BCUT2D eigenvalue weighted by Crippen LogP contribution is -2.30. The van der Waals surface area contributed by atoms with E-state index in [1.807, 2.05) is 13.8 Å². The quantitative estimate of drug-likeness (QED) is 0.696. The molecule has 0 amide bonds. The Balaban J connectivity index is 2.65. The van der Waals surface area contributed by atoms with Crippen LogP contribution in [0.4, 0.5) is 0 Å². The molecule has 0 aliphatic heterocycles. The first kappa shape index (κ1) is 17.2. The molecule has 1 heterocycles. The summed E-state index contributed by atoms with van der Waals surface area (Å²) < 4.78 is 36.1. The van der Waals surface area contributed by atoms with Gasteiger partial charge in [0.1, 0.15) is 5.76 Å². The van der Waals surface area contributed by atoms with Crippen LogP contribution in [0.15, 0.2) is 21.6 Å². The fourth-order valence-electron chi connectivity index (χ4n) is 1.74. The molecule has 0 unspecified atom stereocenters. The van der Waals surface area contributed by atoms with Crippen LogP contribution >= 0.6 is 0 Å². The van der Waals surface area contributed by atoms with Crippen molar-refractivity contribution >= 4 is 10.0 Å². The third kappa shape index (κ3) is 4.90. The number of hydrogen-bond acceptors (Lipinski definition) is 5. The van der Waals surface area contributed by atoms with E-state index in [0.717, 1.165) is 0 Å². The van der Waals surface area contributed by atoms with Crippen LogP contribution in [0, 0.1) is 5.92 Å². The number of ether oxygens (including phenoxy) is 1. The van der Waals surface area contributed by atoms with Crippen molar-refractivity contribution in [2.45, 2.75) is 25.5 Å². The van der Waals surface area contributed by atoms with Gasteiger partial charge in [0.2, 0.25) is 5.09 Å².